The van der Waals surface area contributed by atoms with E-state index in [1.165, 1.54) is 22.6 Å². The highest BCUT2D eigenvalue weighted by molar-refractivity contribution is 7.92. The molecule has 2 fully saturated rings. The monoisotopic (exact) mass is 572 g/mol. The number of likely N-dealkylation sites (tertiary alicyclic amines) is 1. The Hall–Kier alpha value is -4.25. The summed E-state index contributed by atoms with van der Waals surface area (Å²) in [4.78, 5) is 24.2. The Balaban J connectivity index is 1.23. The van der Waals surface area contributed by atoms with Gasteiger partial charge in [-0.2, -0.15) is 10.1 Å². The first-order valence-corrected chi connectivity index (χ1v) is 15.0. The van der Waals surface area contributed by atoms with E-state index in [-0.39, 0.29) is 28.7 Å². The van der Waals surface area contributed by atoms with E-state index in [2.05, 4.69) is 31.9 Å². The maximum Gasteiger partial charge on any atom is 0.267 e. The molecular formula is C30H32N6O4S. The molecule has 1 aliphatic heterocycles. The standard InChI is InChI=1S/C30H32N6O4S/c1-19-8-10-22(11-9-19)30(12-13-30)28(37)36-16-23(17-36)40-26-14-25(27-20(2)6-5-7-21(27)3)32-29(33-26)34-41(38,39)24-15-31-35(4)18-24/h5-11,14-15,18,23H,12-13,16-17H2,1-4H3,(H,32,33,34). The predicted molar refractivity (Wildman–Crippen MR) is 154 cm³/mol. The topological polar surface area (TPSA) is 119 Å². The van der Waals surface area contributed by atoms with Crippen molar-refractivity contribution in [3.63, 3.8) is 0 Å². The summed E-state index contributed by atoms with van der Waals surface area (Å²) in [5, 5.41) is 3.95. The lowest BCUT2D eigenvalue weighted by Crippen LogP contribution is -2.58. The van der Waals surface area contributed by atoms with Gasteiger partial charge in [0.25, 0.3) is 10.0 Å². The normalized spacial score (nSPS) is 16.2. The molecule has 41 heavy (non-hydrogen) atoms. The fourth-order valence-electron chi connectivity index (χ4n) is 5.37. The van der Waals surface area contributed by atoms with Crippen molar-refractivity contribution in [2.75, 3.05) is 17.8 Å². The van der Waals surface area contributed by atoms with Crippen molar-refractivity contribution in [1.82, 2.24) is 24.6 Å². The van der Waals surface area contributed by atoms with Gasteiger partial charge in [0.15, 0.2) is 0 Å². The molecule has 1 aliphatic carbocycles. The van der Waals surface area contributed by atoms with Crippen molar-refractivity contribution in [3.8, 4) is 17.1 Å². The molecule has 11 heteroatoms. The summed E-state index contributed by atoms with van der Waals surface area (Å²) in [6.45, 7) is 6.86. The van der Waals surface area contributed by atoms with Crippen LogP contribution in [0.5, 0.6) is 5.88 Å². The average Bonchev–Trinajstić information content (AvgIpc) is 3.58. The second-order valence-corrected chi connectivity index (χ2v) is 12.7. The third-order valence-electron chi connectivity index (χ3n) is 7.84. The molecule has 3 heterocycles. The van der Waals surface area contributed by atoms with Crippen LogP contribution in [0.4, 0.5) is 5.95 Å². The molecule has 1 saturated heterocycles. The minimum absolute atomic E-state index is 0.000674. The van der Waals surface area contributed by atoms with Crippen LogP contribution in [-0.2, 0) is 27.3 Å². The second kappa shape index (κ2) is 9.99. The number of anilines is 1. The number of aromatic nitrogens is 4. The lowest BCUT2D eigenvalue weighted by atomic mass is 9.92. The lowest BCUT2D eigenvalue weighted by Gasteiger charge is -2.40. The number of amides is 1. The Morgan fingerprint density at radius 3 is 2.32 bits per heavy atom. The van der Waals surface area contributed by atoms with E-state index in [0.717, 1.165) is 35.1 Å². The minimum atomic E-state index is -3.97. The number of sulfonamides is 1. The number of hydrogen-bond donors (Lipinski definition) is 1. The summed E-state index contributed by atoms with van der Waals surface area (Å²) in [5.74, 6) is 0.260. The maximum atomic E-state index is 13.4. The van der Waals surface area contributed by atoms with Gasteiger partial charge in [-0.1, -0.05) is 48.0 Å². The summed E-state index contributed by atoms with van der Waals surface area (Å²) in [5.41, 5.74) is 5.20. The molecule has 0 spiro atoms. The number of hydrogen-bond acceptors (Lipinski definition) is 7. The third kappa shape index (κ3) is 5.17. The van der Waals surface area contributed by atoms with Crippen molar-refractivity contribution in [1.29, 1.82) is 0 Å². The molecule has 0 atom stereocenters. The minimum Gasteiger partial charge on any atom is -0.470 e. The Labute approximate surface area is 239 Å². The summed E-state index contributed by atoms with van der Waals surface area (Å²) >= 11 is 0. The number of rotatable bonds is 8. The van der Waals surface area contributed by atoms with E-state index in [1.807, 2.05) is 56.0 Å². The van der Waals surface area contributed by atoms with Crippen LogP contribution in [0.2, 0.25) is 0 Å². The van der Waals surface area contributed by atoms with Crippen LogP contribution < -0.4 is 9.46 Å². The molecule has 212 valence electrons. The van der Waals surface area contributed by atoms with Crippen molar-refractivity contribution >= 4 is 21.9 Å². The number of nitrogens with zero attached hydrogens (tertiary/aromatic N) is 5. The number of nitrogens with one attached hydrogen (secondary N) is 1. The number of ether oxygens (including phenoxy) is 1. The second-order valence-electron chi connectivity index (χ2n) is 11.0. The Morgan fingerprint density at radius 1 is 1.02 bits per heavy atom. The van der Waals surface area contributed by atoms with Crippen LogP contribution in [0.15, 0.2) is 65.8 Å². The zero-order valence-electron chi connectivity index (χ0n) is 23.5. The van der Waals surface area contributed by atoms with E-state index in [0.29, 0.717) is 18.8 Å². The first-order valence-electron chi connectivity index (χ1n) is 13.5. The van der Waals surface area contributed by atoms with Gasteiger partial charge in [0.2, 0.25) is 17.7 Å². The number of carbonyl (C=O) groups excluding carboxylic acids is 1. The van der Waals surface area contributed by atoms with Crippen LogP contribution in [0.25, 0.3) is 11.3 Å². The molecule has 1 amide bonds. The first kappa shape index (κ1) is 26.9. The van der Waals surface area contributed by atoms with E-state index in [4.69, 9.17) is 4.74 Å². The first-order chi connectivity index (χ1) is 19.5. The van der Waals surface area contributed by atoms with Gasteiger partial charge in [-0.15, -0.1) is 0 Å². The predicted octanol–water partition coefficient (Wildman–Crippen LogP) is 3.92. The molecule has 1 saturated carbocycles. The summed E-state index contributed by atoms with van der Waals surface area (Å²) in [6.07, 6.45) is 4.10. The van der Waals surface area contributed by atoms with Crippen LogP contribution >= 0.6 is 0 Å². The largest absolute Gasteiger partial charge is 0.470 e. The van der Waals surface area contributed by atoms with Gasteiger partial charge < -0.3 is 9.64 Å². The molecule has 10 nitrogen and oxygen atoms in total. The molecular weight excluding hydrogens is 540 g/mol. The van der Waals surface area contributed by atoms with Gasteiger partial charge in [-0.25, -0.2) is 18.1 Å². The fraction of sp³-hybridized carbons (Fsp3) is 0.333. The molecule has 2 aliphatic rings. The van der Waals surface area contributed by atoms with Crippen LogP contribution in [0.1, 0.15) is 35.1 Å². The van der Waals surface area contributed by atoms with Crippen LogP contribution in [-0.4, -0.2) is 58.2 Å². The highest BCUT2D eigenvalue weighted by Gasteiger charge is 2.55. The van der Waals surface area contributed by atoms with Crippen molar-refractivity contribution in [2.24, 2.45) is 7.05 Å². The zero-order valence-corrected chi connectivity index (χ0v) is 24.3. The molecule has 2 aromatic heterocycles. The van der Waals surface area contributed by atoms with E-state index in [9.17, 15) is 13.2 Å². The Morgan fingerprint density at radius 2 is 1.71 bits per heavy atom. The maximum absolute atomic E-state index is 13.4. The third-order valence-corrected chi connectivity index (χ3v) is 9.13. The fourth-order valence-corrected chi connectivity index (χ4v) is 6.30. The molecule has 1 N–H and O–H groups in total. The summed E-state index contributed by atoms with van der Waals surface area (Å²) in [7, 11) is -2.33. The van der Waals surface area contributed by atoms with Gasteiger partial charge in [0, 0.05) is 24.9 Å². The lowest BCUT2D eigenvalue weighted by molar-refractivity contribution is -0.143. The molecule has 4 aromatic rings. The smallest absolute Gasteiger partial charge is 0.267 e. The molecule has 0 bridgehead atoms. The number of aryl methyl sites for hydroxylation is 4. The number of benzene rings is 2. The van der Waals surface area contributed by atoms with Crippen molar-refractivity contribution in [2.45, 2.75) is 50.0 Å². The highest BCUT2D eigenvalue weighted by atomic mass is 32.2. The number of carbonyl (C=O) groups is 1. The molecule has 0 unspecified atom stereocenters. The Kier molecular flexibility index (Phi) is 6.56. The molecule has 0 radical (unpaired) electrons. The van der Waals surface area contributed by atoms with E-state index < -0.39 is 15.4 Å². The van der Waals surface area contributed by atoms with Crippen LogP contribution in [0.3, 0.4) is 0 Å². The van der Waals surface area contributed by atoms with Gasteiger partial charge in [0.1, 0.15) is 11.0 Å². The van der Waals surface area contributed by atoms with Crippen LogP contribution in [0, 0.1) is 20.8 Å². The van der Waals surface area contributed by atoms with Gasteiger partial charge >= 0.3 is 0 Å². The van der Waals surface area contributed by atoms with Crippen molar-refractivity contribution in [3.05, 3.63) is 83.2 Å². The van der Waals surface area contributed by atoms with Gasteiger partial charge in [-0.3, -0.25) is 9.48 Å². The Bertz CT molecular complexity index is 1720. The molecule has 6 rings (SSSR count). The highest BCUT2D eigenvalue weighted by Crippen LogP contribution is 2.50. The van der Waals surface area contributed by atoms with Gasteiger partial charge in [0.05, 0.1) is 30.4 Å². The zero-order chi connectivity index (χ0) is 28.9. The summed E-state index contributed by atoms with van der Waals surface area (Å²) < 4.78 is 36.1. The summed E-state index contributed by atoms with van der Waals surface area (Å²) in [6, 6.07) is 15.8. The quantitative estimate of drug-likeness (QED) is 0.340. The van der Waals surface area contributed by atoms with Gasteiger partial charge in [-0.05, 0) is 50.3 Å². The SMILES string of the molecule is Cc1ccc(C2(C(=O)N3CC(Oc4cc(-c5c(C)cccc5C)nc(NS(=O)(=O)c5cnn(C)c5)n4)C3)CC2)cc1. The van der Waals surface area contributed by atoms with E-state index >= 15 is 0 Å². The van der Waals surface area contributed by atoms with Crippen molar-refractivity contribution < 1.29 is 17.9 Å². The molecule has 2 aromatic carbocycles. The average molecular weight is 573 g/mol. The van der Waals surface area contributed by atoms with E-state index in [1.54, 1.807) is 13.1 Å².